The van der Waals surface area contributed by atoms with E-state index in [-0.39, 0.29) is 29.9 Å². The first kappa shape index (κ1) is 12.4. The molecule has 4 rings (SSSR count). The lowest BCUT2D eigenvalue weighted by Crippen LogP contribution is -2.48. The molecule has 1 N–H and O–H groups in total. The fourth-order valence-corrected chi connectivity index (χ4v) is 4.71. The molecule has 0 radical (unpaired) electrons. The van der Waals surface area contributed by atoms with Crippen LogP contribution in [0.5, 0.6) is 0 Å². The van der Waals surface area contributed by atoms with Crippen LogP contribution in [-0.4, -0.2) is 41.5 Å². The Hall–Kier alpha value is -1.36. The number of hydrogen-bond donors (Lipinski definition) is 1. The first-order valence-corrected chi connectivity index (χ1v) is 7.54. The van der Waals surface area contributed by atoms with Crippen LogP contribution in [0.15, 0.2) is 11.8 Å². The topological polar surface area (TPSA) is 58.6 Å². The lowest BCUT2D eigenvalue weighted by molar-refractivity contribution is -0.138. The van der Waals surface area contributed by atoms with E-state index in [1.165, 1.54) is 18.9 Å². The van der Waals surface area contributed by atoms with Crippen molar-refractivity contribution >= 4 is 11.9 Å². The van der Waals surface area contributed by atoms with Crippen LogP contribution < -0.4 is 5.32 Å². The number of nitrogens with zero attached hydrogens (tertiary/aromatic N) is 1. The summed E-state index contributed by atoms with van der Waals surface area (Å²) in [4.78, 5) is 26.1. The fourth-order valence-electron chi connectivity index (χ4n) is 4.71. The summed E-state index contributed by atoms with van der Waals surface area (Å²) in [5.74, 6) is -0.112. The zero-order chi connectivity index (χ0) is 13.9. The van der Waals surface area contributed by atoms with Crippen molar-refractivity contribution in [2.45, 2.75) is 57.2 Å². The Morgan fingerprint density at radius 1 is 1.25 bits per heavy atom. The fraction of sp³-hybridized carbons (Fsp3) is 0.733. The Kier molecular flexibility index (Phi) is 2.52. The molecule has 2 bridgehead atoms. The van der Waals surface area contributed by atoms with Gasteiger partial charge in [-0.3, -0.25) is 4.79 Å². The quantitative estimate of drug-likeness (QED) is 0.724. The number of hydrogen-bond acceptors (Lipinski definition) is 4. The number of piperidine rings is 1. The van der Waals surface area contributed by atoms with Gasteiger partial charge in [-0.05, 0) is 39.0 Å². The van der Waals surface area contributed by atoms with E-state index in [0.29, 0.717) is 12.1 Å². The molecular weight excluding hydrogens is 256 g/mol. The number of carbonyl (C=O) groups excluding carboxylic acids is 2. The van der Waals surface area contributed by atoms with Crippen LogP contribution in [0.4, 0.5) is 0 Å². The Balaban J connectivity index is 1.63. The van der Waals surface area contributed by atoms with Crippen LogP contribution in [0, 0.1) is 5.41 Å². The van der Waals surface area contributed by atoms with Crippen LogP contribution in [0.1, 0.15) is 39.0 Å². The number of likely N-dealkylation sites (tertiary alicyclic amines) is 1. The van der Waals surface area contributed by atoms with Crippen LogP contribution in [0.3, 0.4) is 0 Å². The van der Waals surface area contributed by atoms with Crippen molar-refractivity contribution in [2.24, 2.45) is 5.41 Å². The number of fused-ring (bicyclic) bond motifs is 2. The molecule has 0 aliphatic carbocycles. The largest absolute Gasteiger partial charge is 0.456 e. The molecule has 0 aromatic heterocycles. The third-order valence-electron chi connectivity index (χ3n) is 5.36. The van der Waals surface area contributed by atoms with Gasteiger partial charge in [0.2, 0.25) is 5.91 Å². The van der Waals surface area contributed by atoms with Crippen molar-refractivity contribution in [3.63, 3.8) is 0 Å². The maximum atomic E-state index is 13.0. The Morgan fingerprint density at radius 2 is 1.95 bits per heavy atom. The first-order valence-electron chi connectivity index (χ1n) is 7.54. The molecule has 5 heteroatoms. The van der Waals surface area contributed by atoms with E-state index >= 15 is 0 Å². The summed E-state index contributed by atoms with van der Waals surface area (Å²) in [5, 5.41) is 3.60. The molecule has 4 heterocycles. The highest BCUT2D eigenvalue weighted by atomic mass is 16.5. The number of carbonyl (C=O) groups is 2. The summed E-state index contributed by atoms with van der Waals surface area (Å²) >= 11 is 0. The molecule has 1 spiro atoms. The van der Waals surface area contributed by atoms with E-state index < -0.39 is 0 Å². The second-order valence-electron chi connectivity index (χ2n) is 6.80. The maximum absolute atomic E-state index is 13.0. The molecule has 0 aromatic rings. The Morgan fingerprint density at radius 3 is 2.55 bits per heavy atom. The van der Waals surface area contributed by atoms with E-state index in [4.69, 9.17) is 4.74 Å². The molecule has 5 nitrogen and oxygen atoms in total. The molecule has 0 aromatic carbocycles. The molecule has 108 valence electrons. The van der Waals surface area contributed by atoms with Crippen molar-refractivity contribution in [3.05, 3.63) is 11.8 Å². The van der Waals surface area contributed by atoms with Crippen LogP contribution in [0.25, 0.3) is 0 Å². The zero-order valence-electron chi connectivity index (χ0n) is 11.7. The smallest absolute Gasteiger partial charge is 0.333 e. The molecule has 0 unspecified atom stereocenters. The van der Waals surface area contributed by atoms with Crippen molar-refractivity contribution < 1.29 is 14.3 Å². The molecular formula is C15H20N2O3. The minimum absolute atomic E-state index is 0.167. The summed E-state index contributed by atoms with van der Waals surface area (Å²) in [6.07, 6.45) is 6.67. The lowest BCUT2D eigenvalue weighted by Gasteiger charge is -2.36. The summed E-state index contributed by atoms with van der Waals surface area (Å²) < 4.78 is 4.97. The predicted octanol–water partition coefficient (Wildman–Crippen LogP) is 0.949. The van der Waals surface area contributed by atoms with Gasteiger partial charge in [0.1, 0.15) is 6.61 Å². The molecule has 4 aliphatic rings. The lowest BCUT2D eigenvalue weighted by atomic mass is 9.73. The maximum Gasteiger partial charge on any atom is 0.333 e. The zero-order valence-corrected chi connectivity index (χ0v) is 11.7. The van der Waals surface area contributed by atoms with Gasteiger partial charge in [-0.2, -0.15) is 0 Å². The van der Waals surface area contributed by atoms with Crippen molar-refractivity contribution in [1.82, 2.24) is 10.2 Å². The van der Waals surface area contributed by atoms with Gasteiger partial charge in [-0.15, -0.1) is 0 Å². The van der Waals surface area contributed by atoms with Crippen molar-refractivity contribution in [1.29, 1.82) is 0 Å². The number of esters is 1. The van der Waals surface area contributed by atoms with Crippen LogP contribution in [0.2, 0.25) is 0 Å². The molecule has 3 fully saturated rings. The van der Waals surface area contributed by atoms with Gasteiger partial charge >= 0.3 is 5.97 Å². The Bertz CT molecular complexity index is 501. The summed E-state index contributed by atoms with van der Waals surface area (Å²) in [6, 6.07) is 1.17. The highest BCUT2D eigenvalue weighted by Gasteiger charge is 2.56. The van der Waals surface area contributed by atoms with Crippen LogP contribution in [-0.2, 0) is 14.3 Å². The van der Waals surface area contributed by atoms with Gasteiger partial charge in [-0.25, -0.2) is 4.79 Å². The number of ether oxygens (including phenoxy) is 1. The monoisotopic (exact) mass is 276 g/mol. The number of cyclic esters (lactones) is 1. The van der Waals surface area contributed by atoms with Gasteiger partial charge in [-0.1, -0.05) is 0 Å². The molecule has 4 atom stereocenters. The SMILES string of the molecule is C[C@H]1C[C@]2(C[C@H]3CC[C@@H](C2)N3)C(=O)N1C1=CC(=O)OC1. The average molecular weight is 276 g/mol. The second-order valence-corrected chi connectivity index (χ2v) is 6.80. The standard InChI is InChI=1S/C15H20N2O3/c1-9-5-15(6-10-2-3-11(7-15)16-10)14(19)17(9)12-4-13(18)20-8-12/h4,9-11,16H,2-3,5-8H2,1H3/t9-,10-,11+,15-/m0/s1. The molecule has 0 saturated carbocycles. The van der Waals surface area contributed by atoms with Gasteiger partial charge in [0.25, 0.3) is 0 Å². The summed E-state index contributed by atoms with van der Waals surface area (Å²) in [7, 11) is 0. The van der Waals surface area contributed by atoms with E-state index in [2.05, 4.69) is 12.2 Å². The van der Waals surface area contributed by atoms with E-state index in [9.17, 15) is 9.59 Å². The minimum atomic E-state index is -0.327. The highest BCUT2D eigenvalue weighted by Crippen LogP contribution is 2.50. The third kappa shape index (κ3) is 1.65. The minimum Gasteiger partial charge on any atom is -0.456 e. The van der Waals surface area contributed by atoms with Gasteiger partial charge in [0.05, 0.1) is 11.1 Å². The average Bonchev–Trinajstić information content (AvgIpc) is 3.01. The summed E-state index contributed by atoms with van der Waals surface area (Å²) in [5.41, 5.74) is 0.540. The number of rotatable bonds is 1. The third-order valence-corrected chi connectivity index (χ3v) is 5.36. The normalized spacial score (nSPS) is 43.4. The van der Waals surface area contributed by atoms with E-state index in [1.54, 1.807) is 0 Å². The Labute approximate surface area is 118 Å². The van der Waals surface area contributed by atoms with E-state index in [1.807, 2.05) is 4.90 Å². The number of nitrogens with one attached hydrogen (secondary N) is 1. The van der Waals surface area contributed by atoms with E-state index in [0.717, 1.165) is 25.0 Å². The van der Waals surface area contributed by atoms with Gasteiger partial charge in [0, 0.05) is 24.2 Å². The summed E-state index contributed by atoms with van der Waals surface area (Å²) in [6.45, 7) is 2.33. The van der Waals surface area contributed by atoms with Crippen molar-refractivity contribution in [3.8, 4) is 0 Å². The van der Waals surface area contributed by atoms with Crippen molar-refractivity contribution in [2.75, 3.05) is 6.61 Å². The number of amides is 1. The van der Waals surface area contributed by atoms with Crippen LogP contribution >= 0.6 is 0 Å². The highest BCUT2D eigenvalue weighted by molar-refractivity contribution is 5.91. The predicted molar refractivity (Wildman–Crippen MR) is 71.6 cm³/mol. The molecule has 1 amide bonds. The van der Waals surface area contributed by atoms with Gasteiger partial charge < -0.3 is 15.0 Å². The second kappa shape index (κ2) is 4.07. The molecule has 4 aliphatic heterocycles. The molecule has 20 heavy (non-hydrogen) atoms. The molecule has 3 saturated heterocycles. The first-order chi connectivity index (χ1) is 9.57. The van der Waals surface area contributed by atoms with Gasteiger partial charge in [0.15, 0.2) is 0 Å².